The SMILES string of the molecule is CC(=O)Nc1cccc(OCC#CCNC(=O)Nc2cccs2)c1. The van der Waals surface area contributed by atoms with Gasteiger partial charge in [-0.25, -0.2) is 4.79 Å². The van der Waals surface area contributed by atoms with Crippen molar-refractivity contribution in [1.82, 2.24) is 5.32 Å². The predicted octanol–water partition coefficient (Wildman–Crippen LogP) is 2.91. The van der Waals surface area contributed by atoms with Gasteiger partial charge in [-0.15, -0.1) is 11.3 Å². The van der Waals surface area contributed by atoms with Gasteiger partial charge in [0.1, 0.15) is 12.4 Å². The fourth-order valence-corrected chi connectivity index (χ4v) is 2.34. The molecule has 7 heteroatoms. The Morgan fingerprint density at radius 3 is 2.79 bits per heavy atom. The van der Waals surface area contributed by atoms with Crippen molar-refractivity contribution in [1.29, 1.82) is 0 Å². The first-order chi connectivity index (χ1) is 11.6. The van der Waals surface area contributed by atoms with Gasteiger partial charge in [-0.05, 0) is 29.6 Å². The Bertz CT molecular complexity index is 748. The van der Waals surface area contributed by atoms with E-state index in [1.807, 2.05) is 17.5 Å². The van der Waals surface area contributed by atoms with Gasteiger partial charge in [0.05, 0.1) is 11.5 Å². The van der Waals surface area contributed by atoms with Crippen molar-refractivity contribution in [3.05, 3.63) is 41.8 Å². The summed E-state index contributed by atoms with van der Waals surface area (Å²) in [5, 5.41) is 10.7. The molecule has 0 bridgehead atoms. The number of amides is 3. The molecule has 0 aliphatic heterocycles. The summed E-state index contributed by atoms with van der Waals surface area (Å²) in [6.45, 7) is 1.87. The number of hydrogen-bond donors (Lipinski definition) is 3. The highest BCUT2D eigenvalue weighted by Crippen LogP contribution is 2.17. The van der Waals surface area contributed by atoms with Crippen molar-refractivity contribution in [2.24, 2.45) is 0 Å². The Morgan fingerprint density at radius 1 is 1.17 bits per heavy atom. The average molecular weight is 343 g/mol. The first kappa shape index (κ1) is 17.4. The van der Waals surface area contributed by atoms with Crippen LogP contribution in [0.15, 0.2) is 41.8 Å². The van der Waals surface area contributed by atoms with Crippen molar-refractivity contribution >= 4 is 34.0 Å². The van der Waals surface area contributed by atoms with Gasteiger partial charge in [0.25, 0.3) is 0 Å². The Labute approximate surface area is 144 Å². The number of urea groups is 1. The van der Waals surface area contributed by atoms with Crippen LogP contribution < -0.4 is 20.7 Å². The van der Waals surface area contributed by atoms with Gasteiger partial charge in [0, 0.05) is 18.7 Å². The third-order valence-electron chi connectivity index (χ3n) is 2.69. The standard InChI is InChI=1S/C17H17N3O3S/c1-13(21)19-14-6-4-7-15(12-14)23-10-3-2-9-18-17(22)20-16-8-5-11-24-16/h4-8,11-12H,9-10H2,1H3,(H,19,21)(H2,18,20,22). The van der Waals surface area contributed by atoms with E-state index in [1.54, 1.807) is 24.3 Å². The van der Waals surface area contributed by atoms with Crippen molar-refractivity contribution in [3.63, 3.8) is 0 Å². The van der Waals surface area contributed by atoms with Gasteiger partial charge >= 0.3 is 6.03 Å². The number of benzene rings is 1. The number of nitrogens with one attached hydrogen (secondary N) is 3. The number of carbonyl (C=O) groups excluding carboxylic acids is 2. The zero-order chi connectivity index (χ0) is 17.2. The van der Waals surface area contributed by atoms with Crippen LogP contribution in [0.25, 0.3) is 0 Å². The zero-order valence-corrected chi connectivity index (χ0v) is 13.9. The van der Waals surface area contributed by atoms with E-state index in [1.165, 1.54) is 18.3 Å². The van der Waals surface area contributed by atoms with Crippen molar-refractivity contribution in [2.75, 3.05) is 23.8 Å². The molecule has 0 atom stereocenters. The molecular weight excluding hydrogens is 326 g/mol. The van der Waals surface area contributed by atoms with E-state index in [0.29, 0.717) is 11.4 Å². The number of rotatable bonds is 5. The molecule has 0 saturated heterocycles. The topological polar surface area (TPSA) is 79.5 Å². The first-order valence-corrected chi connectivity index (χ1v) is 8.06. The summed E-state index contributed by atoms with van der Waals surface area (Å²) in [7, 11) is 0. The molecule has 24 heavy (non-hydrogen) atoms. The van der Waals surface area contributed by atoms with E-state index in [2.05, 4.69) is 27.8 Å². The molecule has 6 nitrogen and oxygen atoms in total. The van der Waals surface area contributed by atoms with Gasteiger partial charge in [-0.3, -0.25) is 10.1 Å². The Hall–Kier alpha value is -2.98. The van der Waals surface area contributed by atoms with Crippen molar-refractivity contribution < 1.29 is 14.3 Å². The number of hydrogen-bond acceptors (Lipinski definition) is 4. The molecule has 0 aliphatic carbocycles. The molecule has 124 valence electrons. The second-order valence-corrected chi connectivity index (χ2v) is 5.58. The summed E-state index contributed by atoms with van der Waals surface area (Å²) in [5.74, 6) is 6.08. The number of carbonyl (C=O) groups is 2. The largest absolute Gasteiger partial charge is 0.481 e. The number of anilines is 2. The minimum Gasteiger partial charge on any atom is -0.481 e. The molecule has 0 fully saturated rings. The minimum absolute atomic E-state index is 0.140. The van der Waals surface area contributed by atoms with Crippen LogP contribution in [0.2, 0.25) is 0 Å². The van der Waals surface area contributed by atoms with Crippen LogP contribution in [0.5, 0.6) is 5.75 Å². The summed E-state index contributed by atoms with van der Waals surface area (Å²) in [5.41, 5.74) is 0.667. The Kier molecular flexibility index (Phi) is 6.68. The van der Waals surface area contributed by atoms with Crippen LogP contribution in [-0.4, -0.2) is 25.1 Å². The lowest BCUT2D eigenvalue weighted by molar-refractivity contribution is -0.114. The zero-order valence-electron chi connectivity index (χ0n) is 13.1. The van der Waals surface area contributed by atoms with E-state index < -0.39 is 0 Å². The second kappa shape index (κ2) is 9.22. The molecule has 0 aliphatic rings. The normalized spacial score (nSPS) is 9.38. The summed E-state index contributed by atoms with van der Waals surface area (Å²) >= 11 is 1.45. The van der Waals surface area contributed by atoms with Gasteiger partial charge in [-0.1, -0.05) is 17.9 Å². The summed E-state index contributed by atoms with van der Waals surface area (Å²) in [6.07, 6.45) is 0. The van der Waals surface area contributed by atoms with Crippen molar-refractivity contribution in [2.45, 2.75) is 6.92 Å². The fraction of sp³-hybridized carbons (Fsp3) is 0.176. The molecule has 3 N–H and O–H groups in total. The van der Waals surface area contributed by atoms with Crippen LogP contribution in [0.1, 0.15) is 6.92 Å². The molecule has 2 aromatic rings. The van der Waals surface area contributed by atoms with E-state index in [9.17, 15) is 9.59 Å². The van der Waals surface area contributed by atoms with Gasteiger partial charge in [-0.2, -0.15) is 0 Å². The molecule has 0 spiro atoms. The minimum atomic E-state index is -0.296. The maximum Gasteiger partial charge on any atom is 0.320 e. The molecule has 1 aromatic carbocycles. The lowest BCUT2D eigenvalue weighted by Gasteiger charge is -2.05. The molecule has 0 radical (unpaired) electrons. The summed E-state index contributed by atoms with van der Waals surface area (Å²) < 4.78 is 5.47. The molecule has 0 unspecified atom stereocenters. The van der Waals surface area contributed by atoms with E-state index in [0.717, 1.165) is 5.00 Å². The molecule has 3 amide bonds. The van der Waals surface area contributed by atoms with E-state index in [-0.39, 0.29) is 25.1 Å². The molecule has 2 rings (SSSR count). The lowest BCUT2D eigenvalue weighted by Crippen LogP contribution is -2.28. The average Bonchev–Trinajstić information content (AvgIpc) is 3.03. The summed E-state index contributed by atoms with van der Waals surface area (Å²) in [4.78, 5) is 22.5. The lowest BCUT2D eigenvalue weighted by atomic mass is 10.3. The predicted molar refractivity (Wildman–Crippen MR) is 95.4 cm³/mol. The summed E-state index contributed by atoms with van der Waals surface area (Å²) in [6, 6.07) is 10.4. The highest BCUT2D eigenvalue weighted by atomic mass is 32.1. The van der Waals surface area contributed by atoms with Gasteiger partial charge in [0.15, 0.2) is 0 Å². The fourth-order valence-electron chi connectivity index (χ4n) is 1.73. The number of ether oxygens (including phenoxy) is 1. The smallest absolute Gasteiger partial charge is 0.320 e. The van der Waals surface area contributed by atoms with Crippen molar-refractivity contribution in [3.8, 4) is 17.6 Å². The van der Waals surface area contributed by atoms with Crippen LogP contribution in [-0.2, 0) is 4.79 Å². The van der Waals surface area contributed by atoms with E-state index in [4.69, 9.17) is 4.74 Å². The molecule has 1 aromatic heterocycles. The maximum absolute atomic E-state index is 11.5. The number of thiophene rings is 1. The van der Waals surface area contributed by atoms with Crippen LogP contribution in [0, 0.1) is 11.8 Å². The Morgan fingerprint density at radius 2 is 2.04 bits per heavy atom. The first-order valence-electron chi connectivity index (χ1n) is 7.18. The Balaban J connectivity index is 1.68. The second-order valence-electron chi connectivity index (χ2n) is 4.64. The van der Waals surface area contributed by atoms with Crippen LogP contribution in [0.3, 0.4) is 0 Å². The highest BCUT2D eigenvalue weighted by Gasteiger charge is 2.00. The van der Waals surface area contributed by atoms with E-state index >= 15 is 0 Å². The van der Waals surface area contributed by atoms with Gasteiger partial charge < -0.3 is 15.4 Å². The third-order valence-corrected chi connectivity index (χ3v) is 3.47. The monoisotopic (exact) mass is 343 g/mol. The van der Waals surface area contributed by atoms with Gasteiger partial charge in [0.2, 0.25) is 5.91 Å². The van der Waals surface area contributed by atoms with Crippen LogP contribution in [0.4, 0.5) is 15.5 Å². The quantitative estimate of drug-likeness (QED) is 0.730. The highest BCUT2D eigenvalue weighted by molar-refractivity contribution is 7.14. The molecule has 1 heterocycles. The molecular formula is C17H17N3O3S. The maximum atomic E-state index is 11.5. The van der Waals surface area contributed by atoms with Crippen LogP contribution >= 0.6 is 11.3 Å². The third kappa shape index (κ3) is 6.42. The molecule has 0 saturated carbocycles.